The first-order valence-electron chi connectivity index (χ1n) is 6.73. The zero-order chi connectivity index (χ0) is 13.2. The van der Waals surface area contributed by atoms with E-state index in [1.165, 1.54) is 0 Å². The number of rotatable bonds is 9. The van der Waals surface area contributed by atoms with Crippen molar-refractivity contribution in [2.45, 2.75) is 33.6 Å². The Labute approximate surface area is 109 Å². The summed E-state index contributed by atoms with van der Waals surface area (Å²) in [6.07, 6.45) is 1.95. The predicted molar refractivity (Wildman–Crippen MR) is 75.2 cm³/mol. The van der Waals surface area contributed by atoms with Crippen molar-refractivity contribution in [3.8, 4) is 0 Å². The molecule has 2 N–H and O–H groups in total. The molecule has 1 rings (SSSR count). The number of aromatic nitrogens is 2. The minimum absolute atomic E-state index is 0.695. The summed E-state index contributed by atoms with van der Waals surface area (Å²) in [5.74, 6) is 2.63. The molecule has 0 aromatic carbocycles. The monoisotopic (exact) mass is 252 g/mol. The van der Waals surface area contributed by atoms with Crippen molar-refractivity contribution in [2.24, 2.45) is 0 Å². The SMILES string of the molecule is CCCc1nc(NCC)cc(NCCOCC)n1. The Morgan fingerprint density at radius 3 is 2.44 bits per heavy atom. The maximum absolute atomic E-state index is 5.29. The molecule has 0 saturated carbocycles. The molecule has 0 radical (unpaired) electrons. The van der Waals surface area contributed by atoms with Crippen LogP contribution in [0.5, 0.6) is 0 Å². The molecular weight excluding hydrogens is 228 g/mol. The van der Waals surface area contributed by atoms with Crippen LogP contribution in [0.25, 0.3) is 0 Å². The van der Waals surface area contributed by atoms with E-state index in [0.717, 1.165) is 50.0 Å². The molecule has 0 spiro atoms. The lowest BCUT2D eigenvalue weighted by Gasteiger charge is -2.10. The molecule has 0 aliphatic carbocycles. The van der Waals surface area contributed by atoms with Crippen LogP contribution in [-0.4, -0.2) is 36.3 Å². The Bertz CT molecular complexity index is 320. The number of hydrogen-bond donors (Lipinski definition) is 2. The van der Waals surface area contributed by atoms with E-state index in [0.29, 0.717) is 6.61 Å². The van der Waals surface area contributed by atoms with Crippen molar-refractivity contribution >= 4 is 11.6 Å². The van der Waals surface area contributed by atoms with Gasteiger partial charge in [-0.05, 0) is 20.3 Å². The van der Waals surface area contributed by atoms with Crippen LogP contribution in [-0.2, 0) is 11.2 Å². The maximum Gasteiger partial charge on any atom is 0.133 e. The van der Waals surface area contributed by atoms with E-state index in [4.69, 9.17) is 4.74 Å². The molecule has 5 nitrogen and oxygen atoms in total. The normalized spacial score (nSPS) is 10.4. The third-order valence-electron chi connectivity index (χ3n) is 2.36. The standard InChI is InChI=1S/C13H24N4O/c1-4-7-11-16-12(14-5-2)10-13(17-11)15-8-9-18-6-3/h10H,4-9H2,1-3H3,(H2,14,15,16,17). The Morgan fingerprint density at radius 2 is 1.83 bits per heavy atom. The van der Waals surface area contributed by atoms with E-state index in [1.54, 1.807) is 0 Å². The van der Waals surface area contributed by atoms with Crippen LogP contribution in [0.2, 0.25) is 0 Å². The van der Waals surface area contributed by atoms with Crippen molar-refractivity contribution in [2.75, 3.05) is 36.9 Å². The summed E-state index contributed by atoms with van der Waals surface area (Å²) in [4.78, 5) is 8.95. The minimum atomic E-state index is 0.695. The van der Waals surface area contributed by atoms with Gasteiger partial charge in [0, 0.05) is 32.2 Å². The lowest BCUT2D eigenvalue weighted by Crippen LogP contribution is -2.12. The summed E-state index contributed by atoms with van der Waals surface area (Å²) in [5.41, 5.74) is 0. The molecule has 0 unspecified atom stereocenters. The van der Waals surface area contributed by atoms with Crippen LogP contribution in [0.4, 0.5) is 11.6 Å². The molecule has 1 aromatic heterocycles. The zero-order valence-electron chi connectivity index (χ0n) is 11.6. The van der Waals surface area contributed by atoms with Crippen LogP contribution < -0.4 is 10.6 Å². The fraction of sp³-hybridized carbons (Fsp3) is 0.692. The minimum Gasteiger partial charge on any atom is -0.380 e. The number of nitrogens with zero attached hydrogens (tertiary/aromatic N) is 2. The largest absolute Gasteiger partial charge is 0.380 e. The van der Waals surface area contributed by atoms with Gasteiger partial charge in [0.2, 0.25) is 0 Å². The number of ether oxygens (including phenoxy) is 1. The van der Waals surface area contributed by atoms with Crippen molar-refractivity contribution in [1.29, 1.82) is 0 Å². The topological polar surface area (TPSA) is 59.1 Å². The van der Waals surface area contributed by atoms with Crippen molar-refractivity contribution in [3.05, 3.63) is 11.9 Å². The molecule has 5 heteroatoms. The first-order valence-corrected chi connectivity index (χ1v) is 6.73. The highest BCUT2D eigenvalue weighted by Gasteiger charge is 2.03. The van der Waals surface area contributed by atoms with Gasteiger partial charge in [-0.25, -0.2) is 9.97 Å². The Balaban J connectivity index is 2.63. The second-order valence-corrected chi connectivity index (χ2v) is 3.96. The molecule has 0 aliphatic heterocycles. The molecule has 0 bridgehead atoms. The van der Waals surface area contributed by atoms with E-state index >= 15 is 0 Å². The van der Waals surface area contributed by atoms with Crippen molar-refractivity contribution in [3.63, 3.8) is 0 Å². The lowest BCUT2D eigenvalue weighted by atomic mass is 10.3. The van der Waals surface area contributed by atoms with Gasteiger partial charge >= 0.3 is 0 Å². The lowest BCUT2D eigenvalue weighted by molar-refractivity contribution is 0.158. The summed E-state index contributed by atoms with van der Waals surface area (Å²) in [7, 11) is 0. The van der Waals surface area contributed by atoms with Crippen LogP contribution in [0, 0.1) is 0 Å². The van der Waals surface area contributed by atoms with Crippen molar-refractivity contribution in [1.82, 2.24) is 9.97 Å². The first kappa shape index (κ1) is 14.7. The number of hydrogen-bond acceptors (Lipinski definition) is 5. The quantitative estimate of drug-likeness (QED) is 0.660. The third-order valence-corrected chi connectivity index (χ3v) is 2.36. The number of anilines is 2. The summed E-state index contributed by atoms with van der Waals surface area (Å²) in [6, 6.07) is 1.94. The average molecular weight is 252 g/mol. The number of nitrogens with one attached hydrogen (secondary N) is 2. The molecular formula is C13H24N4O. The molecule has 0 fully saturated rings. The van der Waals surface area contributed by atoms with E-state index < -0.39 is 0 Å². The smallest absolute Gasteiger partial charge is 0.133 e. The Kier molecular flexibility index (Phi) is 7.10. The van der Waals surface area contributed by atoms with E-state index in [1.807, 2.05) is 13.0 Å². The summed E-state index contributed by atoms with van der Waals surface area (Å²) in [5, 5.41) is 6.49. The molecule has 0 atom stereocenters. The Hall–Kier alpha value is -1.36. The van der Waals surface area contributed by atoms with Crippen molar-refractivity contribution < 1.29 is 4.74 Å². The van der Waals surface area contributed by atoms with Gasteiger partial charge in [-0.1, -0.05) is 6.92 Å². The second kappa shape index (κ2) is 8.69. The van der Waals surface area contributed by atoms with Crippen LogP contribution >= 0.6 is 0 Å². The first-order chi connectivity index (χ1) is 8.80. The van der Waals surface area contributed by atoms with Gasteiger partial charge in [-0.3, -0.25) is 0 Å². The number of aryl methyl sites for hydroxylation is 1. The zero-order valence-corrected chi connectivity index (χ0v) is 11.6. The summed E-state index contributed by atoms with van der Waals surface area (Å²) >= 11 is 0. The predicted octanol–water partition coefficient (Wildman–Crippen LogP) is 2.31. The van der Waals surface area contributed by atoms with Gasteiger partial charge in [-0.2, -0.15) is 0 Å². The summed E-state index contributed by atoms with van der Waals surface area (Å²) < 4.78 is 5.29. The Morgan fingerprint density at radius 1 is 1.11 bits per heavy atom. The highest BCUT2D eigenvalue weighted by atomic mass is 16.5. The molecule has 0 amide bonds. The molecule has 1 heterocycles. The molecule has 0 saturated heterocycles. The molecule has 0 aliphatic rings. The van der Waals surface area contributed by atoms with Gasteiger partial charge in [0.25, 0.3) is 0 Å². The maximum atomic E-state index is 5.29. The van der Waals surface area contributed by atoms with Gasteiger partial charge in [0.05, 0.1) is 6.61 Å². The third kappa shape index (κ3) is 5.31. The molecule has 1 aromatic rings. The van der Waals surface area contributed by atoms with E-state index in [2.05, 4.69) is 34.4 Å². The fourth-order valence-electron chi connectivity index (χ4n) is 1.59. The van der Waals surface area contributed by atoms with Gasteiger partial charge in [0.1, 0.15) is 17.5 Å². The van der Waals surface area contributed by atoms with Gasteiger partial charge < -0.3 is 15.4 Å². The summed E-state index contributed by atoms with van der Waals surface area (Å²) in [6.45, 7) is 9.25. The van der Waals surface area contributed by atoms with Gasteiger partial charge in [0.15, 0.2) is 0 Å². The highest BCUT2D eigenvalue weighted by molar-refractivity contribution is 5.47. The highest BCUT2D eigenvalue weighted by Crippen LogP contribution is 2.12. The van der Waals surface area contributed by atoms with Crippen LogP contribution in [0.15, 0.2) is 6.07 Å². The van der Waals surface area contributed by atoms with Gasteiger partial charge in [-0.15, -0.1) is 0 Å². The second-order valence-electron chi connectivity index (χ2n) is 3.96. The van der Waals surface area contributed by atoms with E-state index in [-0.39, 0.29) is 0 Å². The van der Waals surface area contributed by atoms with Crippen LogP contribution in [0.3, 0.4) is 0 Å². The molecule has 102 valence electrons. The van der Waals surface area contributed by atoms with Crippen LogP contribution in [0.1, 0.15) is 33.0 Å². The molecule has 18 heavy (non-hydrogen) atoms. The average Bonchev–Trinajstić information content (AvgIpc) is 2.35. The fourth-order valence-corrected chi connectivity index (χ4v) is 1.59. The van der Waals surface area contributed by atoms with E-state index in [9.17, 15) is 0 Å².